The topological polar surface area (TPSA) is 111 Å². The largest absolute Gasteiger partial charge is 0.495 e. The summed E-state index contributed by atoms with van der Waals surface area (Å²) in [6.07, 6.45) is 2.52. The molecule has 0 spiro atoms. The summed E-state index contributed by atoms with van der Waals surface area (Å²) in [5.41, 5.74) is 0.312. The molecule has 4 N–H and O–H groups in total. The second-order valence-corrected chi connectivity index (χ2v) is 7.79. The molecule has 1 amide bonds. The highest BCUT2D eigenvalue weighted by Crippen LogP contribution is 2.29. The fraction of sp³-hybridized carbons (Fsp3) is 0.562. The van der Waals surface area contributed by atoms with Crippen molar-refractivity contribution in [1.29, 1.82) is 0 Å². The maximum Gasteiger partial charge on any atom is 0.238 e. The predicted octanol–water partition coefficient (Wildman–Crippen LogP) is 1.31. The molecule has 0 bridgehead atoms. The number of sulfonamides is 1. The molecule has 1 fully saturated rings. The second-order valence-electron chi connectivity index (χ2n) is 6.22. The molecule has 1 saturated heterocycles. The van der Waals surface area contributed by atoms with Crippen LogP contribution in [-0.2, 0) is 14.8 Å². The van der Waals surface area contributed by atoms with Crippen molar-refractivity contribution in [1.82, 2.24) is 5.32 Å². The zero-order chi connectivity index (χ0) is 17.7. The molecule has 0 saturated carbocycles. The first-order valence-electron chi connectivity index (χ1n) is 8.02. The lowest BCUT2D eigenvalue weighted by Gasteiger charge is -2.28. The summed E-state index contributed by atoms with van der Waals surface area (Å²) >= 11 is 0. The van der Waals surface area contributed by atoms with Gasteiger partial charge in [0.15, 0.2) is 0 Å². The lowest BCUT2D eigenvalue weighted by molar-refractivity contribution is -0.117. The zero-order valence-corrected chi connectivity index (χ0v) is 14.9. The molecule has 1 heterocycles. The summed E-state index contributed by atoms with van der Waals surface area (Å²) in [6, 6.07) is 4.15. The number of piperidine rings is 1. The number of carbonyl (C=O) groups is 1. The Balaban J connectivity index is 2.07. The summed E-state index contributed by atoms with van der Waals surface area (Å²) in [6.45, 7) is 4.05. The highest BCUT2D eigenvalue weighted by molar-refractivity contribution is 7.89. The molecule has 1 unspecified atom stereocenters. The average Bonchev–Trinajstić information content (AvgIpc) is 2.54. The van der Waals surface area contributed by atoms with Crippen LogP contribution in [0.2, 0.25) is 0 Å². The van der Waals surface area contributed by atoms with Crippen molar-refractivity contribution in [2.24, 2.45) is 17.0 Å². The molecule has 1 atom stereocenters. The first kappa shape index (κ1) is 18.7. The maximum atomic E-state index is 12.3. The van der Waals surface area contributed by atoms with Gasteiger partial charge in [-0.3, -0.25) is 4.79 Å². The molecule has 1 aromatic carbocycles. The van der Waals surface area contributed by atoms with Gasteiger partial charge in [0, 0.05) is 6.42 Å². The Morgan fingerprint density at radius 2 is 2.08 bits per heavy atom. The first-order valence-corrected chi connectivity index (χ1v) is 9.57. The van der Waals surface area contributed by atoms with Gasteiger partial charge >= 0.3 is 0 Å². The summed E-state index contributed by atoms with van der Waals surface area (Å²) in [5.74, 6) is 1.02. The smallest absolute Gasteiger partial charge is 0.238 e. The third kappa shape index (κ3) is 4.93. The van der Waals surface area contributed by atoms with E-state index in [-0.39, 0.29) is 16.7 Å². The van der Waals surface area contributed by atoms with Crippen LogP contribution in [-0.4, -0.2) is 34.5 Å². The standard InChI is InChI=1S/C16H25N3O4S/c1-11(12-5-7-18-8-6-12)9-16(20)19-14-10-13(24(17,21)22)3-4-15(14)23-2/h3-4,10-12,18H,5-9H2,1-2H3,(H,19,20)(H2,17,21,22). The number of hydrogen-bond acceptors (Lipinski definition) is 5. The minimum Gasteiger partial charge on any atom is -0.495 e. The molecule has 1 aromatic rings. The van der Waals surface area contributed by atoms with E-state index >= 15 is 0 Å². The van der Waals surface area contributed by atoms with Gasteiger partial charge in [-0.1, -0.05) is 6.92 Å². The number of hydrogen-bond donors (Lipinski definition) is 3. The highest BCUT2D eigenvalue weighted by atomic mass is 32.2. The summed E-state index contributed by atoms with van der Waals surface area (Å²) in [7, 11) is -2.38. The quantitative estimate of drug-likeness (QED) is 0.712. The van der Waals surface area contributed by atoms with Gasteiger partial charge in [0.05, 0.1) is 17.7 Å². The van der Waals surface area contributed by atoms with Gasteiger partial charge in [-0.15, -0.1) is 0 Å². The van der Waals surface area contributed by atoms with Gasteiger partial charge in [-0.25, -0.2) is 13.6 Å². The predicted molar refractivity (Wildman–Crippen MR) is 92.4 cm³/mol. The third-order valence-electron chi connectivity index (χ3n) is 4.47. The number of ether oxygens (including phenoxy) is 1. The highest BCUT2D eigenvalue weighted by Gasteiger charge is 2.22. The van der Waals surface area contributed by atoms with E-state index in [0.29, 0.717) is 23.8 Å². The SMILES string of the molecule is COc1ccc(S(N)(=O)=O)cc1NC(=O)CC(C)C1CCNCC1. The van der Waals surface area contributed by atoms with Gasteiger partial charge in [0.1, 0.15) is 5.75 Å². The molecule has 8 heteroatoms. The number of amides is 1. The number of methoxy groups -OCH3 is 1. The number of primary sulfonamides is 1. The maximum absolute atomic E-state index is 12.3. The molecule has 1 aliphatic heterocycles. The minimum atomic E-state index is -3.84. The fourth-order valence-corrected chi connectivity index (χ4v) is 3.58. The lowest BCUT2D eigenvalue weighted by atomic mass is 9.84. The number of rotatable bonds is 6. The van der Waals surface area contributed by atoms with Crippen LogP contribution in [0.15, 0.2) is 23.1 Å². The Morgan fingerprint density at radius 3 is 2.67 bits per heavy atom. The normalized spacial score (nSPS) is 17.3. The van der Waals surface area contributed by atoms with Crippen molar-refractivity contribution in [2.45, 2.75) is 31.1 Å². The Morgan fingerprint density at radius 1 is 1.42 bits per heavy atom. The first-order chi connectivity index (χ1) is 11.3. The van der Waals surface area contributed by atoms with Crippen molar-refractivity contribution in [3.8, 4) is 5.75 Å². The average molecular weight is 355 g/mol. The summed E-state index contributed by atoms with van der Waals surface area (Å²) < 4.78 is 28.1. The molecule has 7 nitrogen and oxygen atoms in total. The molecule has 24 heavy (non-hydrogen) atoms. The number of carbonyl (C=O) groups excluding carboxylic acids is 1. The Hall–Kier alpha value is -1.64. The number of nitrogens with one attached hydrogen (secondary N) is 2. The van der Waals surface area contributed by atoms with Crippen LogP contribution in [0, 0.1) is 11.8 Å². The molecule has 0 aliphatic carbocycles. The van der Waals surface area contributed by atoms with Crippen molar-refractivity contribution in [2.75, 3.05) is 25.5 Å². The second kappa shape index (κ2) is 7.96. The van der Waals surface area contributed by atoms with Crippen molar-refractivity contribution < 1.29 is 17.9 Å². The van der Waals surface area contributed by atoms with E-state index in [2.05, 4.69) is 17.6 Å². The van der Waals surface area contributed by atoms with Crippen LogP contribution in [0.3, 0.4) is 0 Å². The minimum absolute atomic E-state index is 0.0648. The van der Waals surface area contributed by atoms with Crippen molar-refractivity contribution >= 4 is 21.6 Å². The number of nitrogens with two attached hydrogens (primary N) is 1. The summed E-state index contributed by atoms with van der Waals surface area (Å²) in [4.78, 5) is 12.3. The number of benzene rings is 1. The van der Waals surface area contributed by atoms with E-state index in [9.17, 15) is 13.2 Å². The van der Waals surface area contributed by atoms with E-state index in [1.54, 1.807) is 0 Å². The van der Waals surface area contributed by atoms with E-state index in [1.807, 2.05) is 0 Å². The van der Waals surface area contributed by atoms with E-state index < -0.39 is 10.0 Å². The van der Waals surface area contributed by atoms with Crippen molar-refractivity contribution in [3.63, 3.8) is 0 Å². The molecule has 1 aliphatic rings. The number of anilines is 1. The van der Waals surface area contributed by atoms with E-state index in [0.717, 1.165) is 25.9 Å². The Bertz CT molecular complexity index is 685. The van der Waals surface area contributed by atoms with E-state index in [1.165, 1.54) is 25.3 Å². The van der Waals surface area contributed by atoms with Gasteiger partial charge in [-0.2, -0.15) is 0 Å². The lowest BCUT2D eigenvalue weighted by Crippen LogP contribution is -2.32. The molecular formula is C16H25N3O4S. The fourth-order valence-electron chi connectivity index (χ4n) is 3.04. The summed E-state index contributed by atoms with van der Waals surface area (Å²) in [5, 5.41) is 11.2. The molecule has 2 rings (SSSR count). The Labute approximate surface area is 143 Å². The van der Waals surface area contributed by atoms with E-state index in [4.69, 9.17) is 9.88 Å². The molecule has 0 aromatic heterocycles. The van der Waals surface area contributed by atoms with Crippen LogP contribution < -0.4 is 20.5 Å². The van der Waals surface area contributed by atoms with Crippen LogP contribution in [0.1, 0.15) is 26.2 Å². The van der Waals surface area contributed by atoms with Crippen molar-refractivity contribution in [3.05, 3.63) is 18.2 Å². The van der Waals surface area contributed by atoms with Gasteiger partial charge in [0.25, 0.3) is 0 Å². The van der Waals surface area contributed by atoms with Crippen LogP contribution >= 0.6 is 0 Å². The third-order valence-corrected chi connectivity index (χ3v) is 5.38. The van der Waals surface area contributed by atoms with Crippen LogP contribution in [0.25, 0.3) is 0 Å². The van der Waals surface area contributed by atoms with Gasteiger partial charge < -0.3 is 15.4 Å². The molecule has 134 valence electrons. The zero-order valence-electron chi connectivity index (χ0n) is 14.0. The van der Waals surface area contributed by atoms with Gasteiger partial charge in [0.2, 0.25) is 15.9 Å². The van der Waals surface area contributed by atoms with Crippen LogP contribution in [0.5, 0.6) is 5.75 Å². The monoisotopic (exact) mass is 355 g/mol. The molecule has 0 radical (unpaired) electrons. The molecular weight excluding hydrogens is 330 g/mol. The Kier molecular flexibility index (Phi) is 6.20. The van der Waals surface area contributed by atoms with Gasteiger partial charge in [-0.05, 0) is 56.0 Å². The van der Waals surface area contributed by atoms with Crippen LogP contribution in [0.4, 0.5) is 5.69 Å².